The topological polar surface area (TPSA) is 49.3 Å². The molecule has 2 N–H and O–H groups in total. The fraction of sp³-hybridized carbons (Fsp3) is 0.643. The van der Waals surface area contributed by atoms with Gasteiger partial charge >= 0.3 is 0 Å². The van der Waals surface area contributed by atoms with Gasteiger partial charge in [-0.2, -0.15) is 0 Å². The lowest BCUT2D eigenvalue weighted by Gasteiger charge is -2.14. The highest BCUT2D eigenvalue weighted by molar-refractivity contribution is 7.12. The maximum absolute atomic E-state index is 12.0. The summed E-state index contributed by atoms with van der Waals surface area (Å²) < 4.78 is 0. The van der Waals surface area contributed by atoms with Gasteiger partial charge in [0, 0.05) is 6.54 Å². The molecule has 1 aromatic heterocycles. The standard InChI is InChI=1S/C14H23NO2S/c1-9(2)7-11(16)8-15-14(17)13-12(10(3)4)5-6-18-13/h5-6,9-11,16H,7-8H2,1-4H3,(H,15,17). The van der Waals surface area contributed by atoms with Crippen molar-refractivity contribution in [2.75, 3.05) is 6.54 Å². The Balaban J connectivity index is 2.53. The fourth-order valence-electron chi connectivity index (χ4n) is 1.88. The van der Waals surface area contributed by atoms with E-state index in [2.05, 4.69) is 33.0 Å². The number of thiophene rings is 1. The number of hydrogen-bond donors (Lipinski definition) is 2. The molecule has 0 aromatic carbocycles. The average molecular weight is 269 g/mol. The minimum absolute atomic E-state index is 0.0727. The summed E-state index contributed by atoms with van der Waals surface area (Å²) >= 11 is 1.46. The van der Waals surface area contributed by atoms with Crippen LogP contribution < -0.4 is 5.32 Å². The van der Waals surface area contributed by atoms with Gasteiger partial charge in [0.25, 0.3) is 5.91 Å². The van der Waals surface area contributed by atoms with Crippen molar-refractivity contribution in [2.45, 2.75) is 46.1 Å². The number of hydrogen-bond acceptors (Lipinski definition) is 3. The zero-order valence-electron chi connectivity index (χ0n) is 11.6. The van der Waals surface area contributed by atoms with Gasteiger partial charge in [0.15, 0.2) is 0 Å². The van der Waals surface area contributed by atoms with E-state index in [1.54, 1.807) is 0 Å². The smallest absolute Gasteiger partial charge is 0.261 e. The molecule has 0 saturated carbocycles. The van der Waals surface area contributed by atoms with E-state index in [9.17, 15) is 9.90 Å². The molecule has 0 fully saturated rings. The molecule has 0 aliphatic heterocycles. The fourth-order valence-corrected chi connectivity index (χ4v) is 2.85. The minimum atomic E-state index is -0.462. The van der Waals surface area contributed by atoms with Gasteiger partial charge in [-0.05, 0) is 35.3 Å². The second-order valence-corrected chi connectivity index (χ2v) is 6.27. The zero-order chi connectivity index (χ0) is 13.7. The number of aliphatic hydroxyl groups excluding tert-OH is 1. The largest absolute Gasteiger partial charge is 0.391 e. The second-order valence-electron chi connectivity index (χ2n) is 5.35. The summed E-state index contributed by atoms with van der Waals surface area (Å²) in [6, 6.07) is 1.99. The molecular weight excluding hydrogens is 246 g/mol. The normalized spacial score (nSPS) is 13.1. The van der Waals surface area contributed by atoms with Crippen molar-refractivity contribution in [2.24, 2.45) is 5.92 Å². The molecule has 3 nitrogen and oxygen atoms in total. The van der Waals surface area contributed by atoms with Crippen molar-refractivity contribution >= 4 is 17.2 Å². The van der Waals surface area contributed by atoms with E-state index >= 15 is 0 Å². The first kappa shape index (κ1) is 15.2. The van der Waals surface area contributed by atoms with E-state index in [4.69, 9.17) is 0 Å². The zero-order valence-corrected chi connectivity index (χ0v) is 12.4. The third-order valence-corrected chi connectivity index (χ3v) is 3.69. The average Bonchev–Trinajstić information content (AvgIpc) is 2.73. The van der Waals surface area contributed by atoms with Crippen LogP contribution in [0.3, 0.4) is 0 Å². The van der Waals surface area contributed by atoms with Crippen LogP contribution >= 0.6 is 11.3 Å². The van der Waals surface area contributed by atoms with Crippen LogP contribution in [0.5, 0.6) is 0 Å². The second kappa shape index (κ2) is 6.90. The van der Waals surface area contributed by atoms with Crippen LogP contribution in [-0.2, 0) is 0 Å². The number of rotatable bonds is 6. The lowest BCUT2D eigenvalue weighted by atomic mass is 10.0. The highest BCUT2D eigenvalue weighted by atomic mass is 32.1. The van der Waals surface area contributed by atoms with Crippen molar-refractivity contribution < 1.29 is 9.90 Å². The Labute approximate surface area is 113 Å². The number of carbonyl (C=O) groups excluding carboxylic acids is 1. The Morgan fingerprint density at radius 1 is 1.39 bits per heavy atom. The van der Waals surface area contributed by atoms with Crippen molar-refractivity contribution in [3.63, 3.8) is 0 Å². The van der Waals surface area contributed by atoms with E-state index < -0.39 is 6.10 Å². The molecular formula is C14H23NO2S. The minimum Gasteiger partial charge on any atom is -0.391 e. The lowest BCUT2D eigenvalue weighted by molar-refractivity contribution is 0.0903. The van der Waals surface area contributed by atoms with Crippen LogP contribution in [0.2, 0.25) is 0 Å². The summed E-state index contributed by atoms with van der Waals surface area (Å²) in [5.41, 5.74) is 1.08. The summed E-state index contributed by atoms with van der Waals surface area (Å²) in [6.45, 7) is 8.59. The third-order valence-electron chi connectivity index (χ3n) is 2.77. The number of carbonyl (C=O) groups is 1. The molecule has 0 aliphatic carbocycles. The van der Waals surface area contributed by atoms with Gasteiger partial charge < -0.3 is 10.4 Å². The Bertz CT molecular complexity index is 385. The molecule has 18 heavy (non-hydrogen) atoms. The van der Waals surface area contributed by atoms with Gasteiger partial charge in [0.2, 0.25) is 0 Å². The third kappa shape index (κ3) is 4.42. The molecule has 1 heterocycles. The SMILES string of the molecule is CC(C)CC(O)CNC(=O)c1sccc1C(C)C. The number of nitrogens with one attached hydrogen (secondary N) is 1. The molecule has 1 amide bonds. The first-order valence-electron chi connectivity index (χ1n) is 6.45. The predicted molar refractivity (Wildman–Crippen MR) is 76.2 cm³/mol. The van der Waals surface area contributed by atoms with Gasteiger partial charge in [-0.15, -0.1) is 11.3 Å². The van der Waals surface area contributed by atoms with Crippen LogP contribution in [0.25, 0.3) is 0 Å². The summed E-state index contributed by atoms with van der Waals surface area (Å²) in [4.78, 5) is 12.8. The summed E-state index contributed by atoms with van der Waals surface area (Å²) in [6.07, 6.45) is 0.248. The van der Waals surface area contributed by atoms with Crippen molar-refractivity contribution in [3.05, 3.63) is 21.9 Å². The molecule has 102 valence electrons. The molecule has 0 aliphatic rings. The summed E-state index contributed by atoms with van der Waals surface area (Å²) in [5.74, 6) is 0.707. The number of aliphatic hydroxyl groups is 1. The molecule has 0 radical (unpaired) electrons. The Morgan fingerprint density at radius 3 is 2.61 bits per heavy atom. The van der Waals surface area contributed by atoms with Crippen LogP contribution in [0, 0.1) is 5.92 Å². The predicted octanol–water partition coefficient (Wildman–Crippen LogP) is 3.01. The molecule has 0 saturated heterocycles. The molecule has 1 rings (SSSR count). The van der Waals surface area contributed by atoms with E-state index in [-0.39, 0.29) is 5.91 Å². The van der Waals surface area contributed by atoms with Gasteiger partial charge in [0.1, 0.15) is 0 Å². The van der Waals surface area contributed by atoms with Crippen LogP contribution in [-0.4, -0.2) is 23.7 Å². The van der Waals surface area contributed by atoms with Crippen molar-refractivity contribution in [1.29, 1.82) is 0 Å². The maximum Gasteiger partial charge on any atom is 0.261 e. The van der Waals surface area contributed by atoms with E-state index in [1.165, 1.54) is 11.3 Å². The van der Waals surface area contributed by atoms with Crippen LogP contribution in [0.15, 0.2) is 11.4 Å². The quantitative estimate of drug-likeness (QED) is 0.834. The van der Waals surface area contributed by atoms with Gasteiger partial charge in [-0.25, -0.2) is 0 Å². The van der Waals surface area contributed by atoms with Crippen LogP contribution in [0.1, 0.15) is 55.3 Å². The highest BCUT2D eigenvalue weighted by Crippen LogP contribution is 2.24. The van der Waals surface area contributed by atoms with Crippen molar-refractivity contribution in [3.8, 4) is 0 Å². The highest BCUT2D eigenvalue weighted by Gasteiger charge is 2.16. The van der Waals surface area contributed by atoms with E-state index in [0.717, 1.165) is 10.4 Å². The molecule has 0 spiro atoms. The monoisotopic (exact) mass is 269 g/mol. The van der Waals surface area contributed by atoms with E-state index in [0.29, 0.717) is 24.8 Å². The summed E-state index contributed by atoms with van der Waals surface area (Å²) in [5, 5.41) is 14.5. The Morgan fingerprint density at radius 2 is 2.06 bits per heavy atom. The molecule has 4 heteroatoms. The molecule has 1 unspecified atom stereocenters. The first-order valence-corrected chi connectivity index (χ1v) is 7.33. The van der Waals surface area contributed by atoms with Crippen molar-refractivity contribution in [1.82, 2.24) is 5.32 Å². The maximum atomic E-state index is 12.0. The lowest BCUT2D eigenvalue weighted by Crippen LogP contribution is -2.32. The first-order chi connectivity index (χ1) is 8.41. The molecule has 0 bridgehead atoms. The molecule has 1 atom stereocenters. The Kier molecular flexibility index (Phi) is 5.82. The van der Waals surface area contributed by atoms with Gasteiger partial charge in [-0.3, -0.25) is 4.79 Å². The number of amides is 1. The summed E-state index contributed by atoms with van der Waals surface area (Å²) in [7, 11) is 0. The molecule has 1 aromatic rings. The van der Waals surface area contributed by atoms with Gasteiger partial charge in [0.05, 0.1) is 11.0 Å². The van der Waals surface area contributed by atoms with E-state index in [1.807, 2.05) is 11.4 Å². The Hall–Kier alpha value is -0.870. The van der Waals surface area contributed by atoms with Gasteiger partial charge in [-0.1, -0.05) is 27.7 Å². The van der Waals surface area contributed by atoms with Crippen LogP contribution in [0.4, 0.5) is 0 Å².